The third-order valence-corrected chi connectivity index (χ3v) is 5.95. The molecule has 1 N–H and O–H groups in total. The number of nitrogens with zero attached hydrogens (tertiary/aromatic N) is 2. The zero-order valence-corrected chi connectivity index (χ0v) is 13.4. The molecule has 4 rings (SSSR count). The van der Waals surface area contributed by atoms with Crippen molar-refractivity contribution in [3.8, 4) is 0 Å². The summed E-state index contributed by atoms with van der Waals surface area (Å²) in [4.78, 5) is 5.13. The van der Waals surface area contributed by atoms with Crippen LogP contribution in [0.25, 0.3) is 0 Å². The van der Waals surface area contributed by atoms with Gasteiger partial charge in [0.2, 0.25) is 0 Å². The largest absolute Gasteiger partial charge is 0.328 e. The van der Waals surface area contributed by atoms with E-state index in [0.29, 0.717) is 0 Å². The van der Waals surface area contributed by atoms with E-state index in [1.54, 1.807) is 5.69 Å². The Balaban J connectivity index is 1.73. The minimum Gasteiger partial charge on any atom is -0.328 e. The third-order valence-electron chi connectivity index (χ3n) is 5.95. The van der Waals surface area contributed by atoms with Gasteiger partial charge < -0.3 is 9.88 Å². The molecule has 3 heteroatoms. The summed E-state index contributed by atoms with van der Waals surface area (Å²) >= 11 is 0. The van der Waals surface area contributed by atoms with E-state index in [1.807, 2.05) is 0 Å². The van der Waals surface area contributed by atoms with Crippen molar-refractivity contribution >= 4 is 0 Å². The normalized spacial score (nSPS) is 30.5. The van der Waals surface area contributed by atoms with Crippen molar-refractivity contribution in [2.24, 2.45) is 5.92 Å². The number of fused-ring (bicyclic) bond motifs is 1. The van der Waals surface area contributed by atoms with Gasteiger partial charge in [0, 0.05) is 37.2 Å². The molecule has 2 heterocycles. The average molecular weight is 287 g/mol. The van der Waals surface area contributed by atoms with Crippen LogP contribution in [0.1, 0.15) is 87.5 Å². The second-order valence-corrected chi connectivity index (χ2v) is 7.57. The fourth-order valence-corrected chi connectivity index (χ4v) is 4.87. The highest BCUT2D eigenvalue weighted by Crippen LogP contribution is 2.40. The lowest BCUT2D eigenvalue weighted by Gasteiger charge is -2.32. The number of rotatable bonds is 2. The first-order valence-corrected chi connectivity index (χ1v) is 9.13. The van der Waals surface area contributed by atoms with Gasteiger partial charge in [-0.3, -0.25) is 0 Å². The molecule has 2 fully saturated rings. The van der Waals surface area contributed by atoms with Crippen molar-refractivity contribution in [2.45, 2.75) is 83.2 Å². The van der Waals surface area contributed by atoms with Crippen molar-refractivity contribution in [1.82, 2.24) is 14.9 Å². The van der Waals surface area contributed by atoms with Crippen molar-refractivity contribution < 1.29 is 0 Å². The Hall–Kier alpha value is -0.830. The lowest BCUT2D eigenvalue weighted by molar-refractivity contribution is 0.270. The second-order valence-electron chi connectivity index (χ2n) is 7.57. The zero-order chi connectivity index (χ0) is 14.2. The zero-order valence-electron chi connectivity index (χ0n) is 13.4. The highest BCUT2D eigenvalue weighted by atomic mass is 15.1. The summed E-state index contributed by atoms with van der Waals surface area (Å²) in [7, 11) is 0. The number of aromatic nitrogens is 2. The van der Waals surface area contributed by atoms with Gasteiger partial charge in [0.1, 0.15) is 5.82 Å². The van der Waals surface area contributed by atoms with Gasteiger partial charge in [0.05, 0.1) is 5.69 Å². The van der Waals surface area contributed by atoms with Crippen LogP contribution in [0.2, 0.25) is 0 Å². The lowest BCUT2D eigenvalue weighted by atomic mass is 9.86. The van der Waals surface area contributed by atoms with Crippen LogP contribution in [0.5, 0.6) is 0 Å². The molecule has 2 aliphatic carbocycles. The number of hydrogen-bond acceptors (Lipinski definition) is 2. The van der Waals surface area contributed by atoms with Gasteiger partial charge in [-0.25, -0.2) is 4.98 Å². The Labute approximate surface area is 128 Å². The van der Waals surface area contributed by atoms with E-state index < -0.39 is 0 Å². The number of nitrogens with one attached hydrogen (secondary N) is 1. The van der Waals surface area contributed by atoms with Gasteiger partial charge in [0.15, 0.2) is 0 Å². The molecule has 116 valence electrons. The summed E-state index contributed by atoms with van der Waals surface area (Å²) in [5.74, 6) is 3.09. The summed E-state index contributed by atoms with van der Waals surface area (Å²) in [6, 6.07) is 0.735. The molecule has 0 radical (unpaired) electrons. The van der Waals surface area contributed by atoms with Gasteiger partial charge in [-0.15, -0.1) is 0 Å². The molecule has 0 aromatic carbocycles. The molecule has 1 aromatic rings. The van der Waals surface area contributed by atoms with Gasteiger partial charge in [-0.2, -0.15) is 0 Å². The molecule has 3 aliphatic rings. The van der Waals surface area contributed by atoms with Crippen molar-refractivity contribution in [3.63, 3.8) is 0 Å². The summed E-state index contributed by atoms with van der Waals surface area (Å²) in [5, 5.41) is 3.51. The van der Waals surface area contributed by atoms with Crippen LogP contribution in [-0.2, 0) is 13.0 Å². The smallest absolute Gasteiger partial charge is 0.112 e. The quantitative estimate of drug-likeness (QED) is 0.893. The Morgan fingerprint density at radius 3 is 2.76 bits per heavy atom. The number of imidazole rings is 1. The summed E-state index contributed by atoms with van der Waals surface area (Å²) < 4.78 is 2.74. The van der Waals surface area contributed by atoms with Crippen molar-refractivity contribution in [1.29, 1.82) is 0 Å². The fraction of sp³-hybridized carbons (Fsp3) is 0.833. The van der Waals surface area contributed by atoms with E-state index in [-0.39, 0.29) is 0 Å². The summed E-state index contributed by atoms with van der Waals surface area (Å²) in [5.41, 5.74) is 2.94. The third kappa shape index (κ3) is 2.54. The molecule has 2 unspecified atom stereocenters. The molecular formula is C18H29N3. The molecule has 3 nitrogen and oxygen atoms in total. The SMILES string of the molecule is CC1CCCC(n2c(C3CCCC3)nc3c2CCNC3)C1. The molecule has 2 atom stereocenters. The highest BCUT2D eigenvalue weighted by molar-refractivity contribution is 5.24. The van der Waals surface area contributed by atoms with E-state index in [2.05, 4.69) is 16.8 Å². The average Bonchev–Trinajstić information content (AvgIpc) is 3.14. The summed E-state index contributed by atoms with van der Waals surface area (Å²) in [6.07, 6.45) is 12.3. The minimum absolute atomic E-state index is 0.735. The molecule has 0 bridgehead atoms. The summed E-state index contributed by atoms with van der Waals surface area (Å²) in [6.45, 7) is 4.56. The van der Waals surface area contributed by atoms with E-state index >= 15 is 0 Å². The maximum atomic E-state index is 5.13. The highest BCUT2D eigenvalue weighted by Gasteiger charge is 2.31. The van der Waals surface area contributed by atoms with Crippen LogP contribution in [0.4, 0.5) is 0 Å². The molecular weight excluding hydrogens is 258 g/mol. The Kier molecular flexibility index (Phi) is 3.78. The fourth-order valence-electron chi connectivity index (χ4n) is 4.87. The van der Waals surface area contributed by atoms with Crippen LogP contribution >= 0.6 is 0 Å². The molecule has 21 heavy (non-hydrogen) atoms. The monoisotopic (exact) mass is 287 g/mol. The Morgan fingerprint density at radius 2 is 1.95 bits per heavy atom. The predicted molar refractivity (Wildman–Crippen MR) is 85.5 cm³/mol. The molecule has 0 saturated heterocycles. The van der Waals surface area contributed by atoms with Crippen LogP contribution in [-0.4, -0.2) is 16.1 Å². The van der Waals surface area contributed by atoms with E-state index in [4.69, 9.17) is 4.98 Å². The standard InChI is InChI=1S/C18H29N3/c1-13-5-4-8-15(11-13)21-17-9-10-19-12-16(17)20-18(21)14-6-2-3-7-14/h13-15,19H,2-12H2,1H3. The molecule has 1 aromatic heterocycles. The topological polar surface area (TPSA) is 29.9 Å². The van der Waals surface area contributed by atoms with Gasteiger partial charge in [0.25, 0.3) is 0 Å². The van der Waals surface area contributed by atoms with Gasteiger partial charge in [-0.05, 0) is 31.6 Å². The van der Waals surface area contributed by atoms with E-state index in [0.717, 1.165) is 31.0 Å². The predicted octanol–water partition coefficient (Wildman–Crippen LogP) is 3.94. The number of hydrogen-bond donors (Lipinski definition) is 1. The molecule has 0 amide bonds. The van der Waals surface area contributed by atoms with Gasteiger partial charge >= 0.3 is 0 Å². The van der Waals surface area contributed by atoms with Crippen LogP contribution in [0.15, 0.2) is 0 Å². The minimum atomic E-state index is 0.735. The first-order valence-electron chi connectivity index (χ1n) is 9.13. The molecule has 0 spiro atoms. The van der Waals surface area contributed by atoms with Crippen molar-refractivity contribution in [3.05, 3.63) is 17.2 Å². The molecule has 1 aliphatic heterocycles. The van der Waals surface area contributed by atoms with E-state index in [1.165, 1.54) is 69.3 Å². The maximum absolute atomic E-state index is 5.13. The van der Waals surface area contributed by atoms with Crippen LogP contribution < -0.4 is 5.32 Å². The lowest BCUT2D eigenvalue weighted by Crippen LogP contribution is -2.27. The second kappa shape index (κ2) is 5.75. The first kappa shape index (κ1) is 13.8. The Bertz CT molecular complexity index is 499. The first-order chi connectivity index (χ1) is 10.3. The van der Waals surface area contributed by atoms with Crippen molar-refractivity contribution in [2.75, 3.05) is 6.54 Å². The Morgan fingerprint density at radius 1 is 1.10 bits per heavy atom. The van der Waals surface area contributed by atoms with Gasteiger partial charge in [-0.1, -0.05) is 32.6 Å². The maximum Gasteiger partial charge on any atom is 0.112 e. The molecule has 2 saturated carbocycles. The van der Waals surface area contributed by atoms with E-state index in [9.17, 15) is 0 Å². The van der Waals surface area contributed by atoms with Crippen LogP contribution in [0, 0.1) is 5.92 Å². The van der Waals surface area contributed by atoms with Crippen LogP contribution in [0.3, 0.4) is 0 Å².